The highest BCUT2D eigenvalue weighted by Crippen LogP contribution is 2.21. The molecule has 1 aromatic heterocycles. The summed E-state index contributed by atoms with van der Waals surface area (Å²) in [5.74, 6) is -0.344. The zero-order valence-electron chi connectivity index (χ0n) is 9.14. The summed E-state index contributed by atoms with van der Waals surface area (Å²) in [6, 6.07) is 7.23. The van der Waals surface area contributed by atoms with Crippen molar-refractivity contribution in [3.63, 3.8) is 0 Å². The molecule has 1 saturated heterocycles. The summed E-state index contributed by atoms with van der Waals surface area (Å²) in [6.07, 6.45) is 0.908. The molecule has 0 aliphatic carbocycles. The third-order valence-corrected chi connectivity index (χ3v) is 3.14. The molecule has 0 bridgehead atoms. The van der Waals surface area contributed by atoms with Gasteiger partial charge >= 0.3 is 5.76 Å². The van der Waals surface area contributed by atoms with Crippen LogP contribution in [0.15, 0.2) is 27.4 Å². The highest BCUT2D eigenvalue weighted by Gasteiger charge is 2.22. The number of oxazole rings is 1. The van der Waals surface area contributed by atoms with Gasteiger partial charge in [0.2, 0.25) is 0 Å². The molecule has 5 nitrogen and oxygen atoms in total. The van der Waals surface area contributed by atoms with Crippen molar-refractivity contribution in [1.82, 2.24) is 9.88 Å². The Bertz CT molecular complexity index is 656. The van der Waals surface area contributed by atoms with E-state index in [1.807, 2.05) is 0 Å². The molecular weight excluding hydrogens is 218 g/mol. The maximum atomic E-state index is 11.8. The van der Waals surface area contributed by atoms with Crippen molar-refractivity contribution in [3.05, 3.63) is 34.3 Å². The summed E-state index contributed by atoms with van der Waals surface area (Å²) >= 11 is 0. The van der Waals surface area contributed by atoms with Gasteiger partial charge in [0.25, 0.3) is 0 Å². The summed E-state index contributed by atoms with van der Waals surface area (Å²) in [7, 11) is 0. The van der Waals surface area contributed by atoms with Crippen LogP contribution in [-0.2, 0) is 0 Å². The molecule has 17 heavy (non-hydrogen) atoms. The van der Waals surface area contributed by atoms with Gasteiger partial charge in [-0.2, -0.15) is 5.26 Å². The van der Waals surface area contributed by atoms with Gasteiger partial charge < -0.3 is 9.73 Å². The number of rotatable bonds is 1. The molecule has 1 N–H and O–H groups in total. The second kappa shape index (κ2) is 3.75. The molecule has 1 unspecified atom stereocenters. The normalized spacial score (nSPS) is 19.6. The molecule has 0 radical (unpaired) electrons. The molecule has 1 aromatic carbocycles. The maximum absolute atomic E-state index is 11.8. The topological polar surface area (TPSA) is 71.0 Å². The number of nitrogens with zero attached hydrogens (tertiary/aromatic N) is 2. The number of aromatic nitrogens is 1. The van der Waals surface area contributed by atoms with Crippen molar-refractivity contribution in [2.24, 2.45) is 0 Å². The molecular formula is C12H11N3O2. The first-order valence-corrected chi connectivity index (χ1v) is 5.55. The van der Waals surface area contributed by atoms with Crippen LogP contribution in [-0.4, -0.2) is 17.7 Å². The van der Waals surface area contributed by atoms with Crippen molar-refractivity contribution in [2.45, 2.75) is 12.5 Å². The summed E-state index contributed by atoms with van der Waals surface area (Å²) in [5, 5.41) is 12.1. The van der Waals surface area contributed by atoms with E-state index in [1.54, 1.807) is 22.8 Å². The van der Waals surface area contributed by atoms with Gasteiger partial charge in [0, 0.05) is 6.54 Å². The second-order valence-corrected chi connectivity index (χ2v) is 4.18. The number of hydrogen-bond acceptors (Lipinski definition) is 4. The highest BCUT2D eigenvalue weighted by molar-refractivity contribution is 5.75. The quantitative estimate of drug-likeness (QED) is 0.791. The molecule has 1 aliphatic rings. The van der Waals surface area contributed by atoms with Gasteiger partial charge in [-0.05, 0) is 31.2 Å². The molecule has 86 valence electrons. The van der Waals surface area contributed by atoms with Crippen LogP contribution >= 0.6 is 0 Å². The first kappa shape index (κ1) is 10.1. The molecule has 1 fully saturated rings. The second-order valence-electron chi connectivity index (χ2n) is 4.18. The zero-order valence-corrected chi connectivity index (χ0v) is 9.14. The minimum Gasteiger partial charge on any atom is -0.408 e. The molecule has 0 spiro atoms. The van der Waals surface area contributed by atoms with Gasteiger partial charge in [-0.3, -0.25) is 4.57 Å². The van der Waals surface area contributed by atoms with Crippen molar-refractivity contribution >= 4 is 11.1 Å². The lowest BCUT2D eigenvalue weighted by molar-refractivity contribution is 0.459. The van der Waals surface area contributed by atoms with E-state index in [4.69, 9.17) is 9.68 Å². The SMILES string of the molecule is N#Cc1ccc2oc(=O)n(C3CCNC3)c2c1. The van der Waals surface area contributed by atoms with E-state index in [0.29, 0.717) is 16.7 Å². The number of hydrogen-bond donors (Lipinski definition) is 1. The van der Waals surface area contributed by atoms with Crippen LogP contribution in [0, 0.1) is 11.3 Å². The van der Waals surface area contributed by atoms with E-state index < -0.39 is 0 Å². The Morgan fingerprint density at radius 3 is 3.12 bits per heavy atom. The lowest BCUT2D eigenvalue weighted by Crippen LogP contribution is -2.22. The van der Waals surface area contributed by atoms with Gasteiger partial charge in [-0.1, -0.05) is 0 Å². The van der Waals surface area contributed by atoms with Gasteiger partial charge in [-0.25, -0.2) is 4.79 Å². The van der Waals surface area contributed by atoms with Gasteiger partial charge in [0.15, 0.2) is 5.58 Å². The van der Waals surface area contributed by atoms with Crippen molar-refractivity contribution in [3.8, 4) is 6.07 Å². The lowest BCUT2D eigenvalue weighted by atomic mass is 10.2. The Hall–Kier alpha value is -2.06. The third kappa shape index (κ3) is 1.54. The number of benzene rings is 1. The van der Waals surface area contributed by atoms with Gasteiger partial charge in [0.05, 0.1) is 23.2 Å². The van der Waals surface area contributed by atoms with Gasteiger partial charge in [0.1, 0.15) is 0 Å². The summed E-state index contributed by atoms with van der Waals surface area (Å²) in [4.78, 5) is 11.8. The fraction of sp³-hybridized carbons (Fsp3) is 0.333. The average Bonchev–Trinajstić information content (AvgIpc) is 2.93. The third-order valence-electron chi connectivity index (χ3n) is 3.14. The smallest absolute Gasteiger partial charge is 0.408 e. The van der Waals surface area contributed by atoms with E-state index in [2.05, 4.69) is 11.4 Å². The van der Waals surface area contributed by atoms with E-state index in [1.165, 1.54) is 0 Å². The summed E-state index contributed by atoms with van der Waals surface area (Å²) < 4.78 is 6.83. The minimum atomic E-state index is -0.344. The van der Waals surface area contributed by atoms with Crippen molar-refractivity contribution in [2.75, 3.05) is 13.1 Å². The van der Waals surface area contributed by atoms with Crippen LogP contribution in [0.5, 0.6) is 0 Å². The van der Waals surface area contributed by atoms with E-state index in [0.717, 1.165) is 19.5 Å². The molecule has 5 heteroatoms. The fourth-order valence-corrected chi connectivity index (χ4v) is 2.31. The predicted molar refractivity (Wildman–Crippen MR) is 61.7 cm³/mol. The van der Waals surface area contributed by atoms with Crippen molar-refractivity contribution in [1.29, 1.82) is 5.26 Å². The van der Waals surface area contributed by atoms with E-state index in [9.17, 15) is 4.79 Å². The Labute approximate surface area is 97.3 Å². The number of fused-ring (bicyclic) bond motifs is 1. The Kier molecular flexibility index (Phi) is 2.23. The van der Waals surface area contributed by atoms with Gasteiger partial charge in [-0.15, -0.1) is 0 Å². The number of nitrogens with one attached hydrogen (secondary N) is 1. The molecule has 3 rings (SSSR count). The monoisotopic (exact) mass is 229 g/mol. The zero-order chi connectivity index (χ0) is 11.8. The molecule has 0 saturated carbocycles. The largest absolute Gasteiger partial charge is 0.420 e. The maximum Gasteiger partial charge on any atom is 0.420 e. The Balaban J connectivity index is 2.25. The summed E-state index contributed by atoms with van der Waals surface area (Å²) in [6.45, 7) is 1.67. The van der Waals surface area contributed by atoms with Crippen LogP contribution in [0.2, 0.25) is 0 Å². The molecule has 1 aliphatic heterocycles. The average molecular weight is 229 g/mol. The van der Waals surface area contributed by atoms with Crippen LogP contribution in [0.1, 0.15) is 18.0 Å². The summed E-state index contributed by atoms with van der Waals surface area (Å²) in [5.41, 5.74) is 1.79. The van der Waals surface area contributed by atoms with Crippen LogP contribution in [0.25, 0.3) is 11.1 Å². The van der Waals surface area contributed by atoms with E-state index in [-0.39, 0.29) is 11.8 Å². The molecule has 0 amide bonds. The van der Waals surface area contributed by atoms with Crippen LogP contribution in [0.4, 0.5) is 0 Å². The standard InChI is InChI=1S/C12H11N3O2/c13-6-8-1-2-11-10(5-8)15(12(16)17-11)9-3-4-14-7-9/h1-2,5,9,14H,3-4,7H2. The first-order chi connectivity index (χ1) is 8.29. The van der Waals surface area contributed by atoms with Crippen LogP contribution in [0.3, 0.4) is 0 Å². The minimum absolute atomic E-state index is 0.123. The number of nitriles is 1. The van der Waals surface area contributed by atoms with Crippen molar-refractivity contribution < 1.29 is 4.42 Å². The van der Waals surface area contributed by atoms with Crippen LogP contribution < -0.4 is 11.1 Å². The Morgan fingerprint density at radius 2 is 2.41 bits per heavy atom. The Morgan fingerprint density at radius 1 is 1.53 bits per heavy atom. The molecule has 1 atom stereocenters. The molecule has 2 aromatic rings. The lowest BCUT2D eigenvalue weighted by Gasteiger charge is -2.08. The first-order valence-electron chi connectivity index (χ1n) is 5.55. The van der Waals surface area contributed by atoms with E-state index >= 15 is 0 Å². The predicted octanol–water partition coefficient (Wildman–Crippen LogP) is 1.00. The fourth-order valence-electron chi connectivity index (χ4n) is 2.31. The highest BCUT2D eigenvalue weighted by atomic mass is 16.4. The molecule has 2 heterocycles.